The first-order chi connectivity index (χ1) is 5.11. The molecule has 0 spiro atoms. The number of aryl methyl sites for hydroxylation is 1. The van der Waals surface area contributed by atoms with Crippen LogP contribution in [0.25, 0.3) is 0 Å². The molecular formula is C6H10BrN3O. The molecule has 0 saturated carbocycles. The number of aromatic nitrogens is 2. The Morgan fingerprint density at radius 1 is 1.82 bits per heavy atom. The molecule has 0 radical (unpaired) electrons. The van der Waals surface area contributed by atoms with Crippen LogP contribution in [0.3, 0.4) is 0 Å². The normalized spacial score (nSPS) is 11.0. The Morgan fingerprint density at radius 3 is 2.82 bits per heavy atom. The summed E-state index contributed by atoms with van der Waals surface area (Å²) < 4.78 is 2.61. The van der Waals surface area contributed by atoms with Gasteiger partial charge in [-0.2, -0.15) is 10.2 Å². The van der Waals surface area contributed by atoms with Crippen molar-refractivity contribution >= 4 is 15.9 Å². The molecule has 5 heteroatoms. The van der Waals surface area contributed by atoms with E-state index in [0.717, 1.165) is 15.2 Å². The zero-order valence-electron chi connectivity index (χ0n) is 6.45. The second kappa shape index (κ2) is 3.34. The van der Waals surface area contributed by atoms with E-state index in [1.807, 2.05) is 7.05 Å². The summed E-state index contributed by atoms with van der Waals surface area (Å²) >= 11 is 3.34. The fourth-order valence-corrected chi connectivity index (χ4v) is 1.14. The van der Waals surface area contributed by atoms with E-state index < -0.39 is 0 Å². The topological polar surface area (TPSA) is 41.3 Å². The third kappa shape index (κ3) is 2.02. The highest BCUT2D eigenvalue weighted by Gasteiger charge is 2.05. The van der Waals surface area contributed by atoms with E-state index in [-0.39, 0.29) is 0 Å². The van der Waals surface area contributed by atoms with Gasteiger partial charge in [-0.3, -0.25) is 4.68 Å². The fraction of sp³-hybridized carbons (Fsp3) is 0.500. The molecule has 0 atom stereocenters. The minimum absolute atomic E-state index is 0.481. The highest BCUT2D eigenvalue weighted by atomic mass is 79.9. The van der Waals surface area contributed by atoms with Crippen LogP contribution in [0.2, 0.25) is 0 Å². The lowest BCUT2D eigenvalue weighted by molar-refractivity contribution is -0.0733. The maximum atomic E-state index is 8.91. The Morgan fingerprint density at radius 2 is 2.45 bits per heavy atom. The van der Waals surface area contributed by atoms with E-state index in [1.165, 1.54) is 0 Å². The molecule has 0 aliphatic carbocycles. The molecule has 1 aromatic heterocycles. The van der Waals surface area contributed by atoms with E-state index in [0.29, 0.717) is 6.54 Å². The zero-order valence-corrected chi connectivity index (χ0v) is 8.04. The molecule has 0 aliphatic rings. The van der Waals surface area contributed by atoms with Crippen molar-refractivity contribution in [2.24, 2.45) is 7.05 Å². The minimum atomic E-state index is 0.481. The van der Waals surface area contributed by atoms with Gasteiger partial charge < -0.3 is 5.21 Å². The van der Waals surface area contributed by atoms with Crippen molar-refractivity contribution < 1.29 is 5.21 Å². The van der Waals surface area contributed by atoms with E-state index in [1.54, 1.807) is 17.9 Å². The Labute approximate surface area is 73.5 Å². The van der Waals surface area contributed by atoms with Gasteiger partial charge in [0.2, 0.25) is 0 Å². The van der Waals surface area contributed by atoms with E-state index in [9.17, 15) is 0 Å². The van der Waals surface area contributed by atoms with E-state index in [4.69, 9.17) is 5.21 Å². The Bertz CT molecular complexity index is 246. The van der Waals surface area contributed by atoms with Crippen LogP contribution in [0.15, 0.2) is 10.8 Å². The van der Waals surface area contributed by atoms with Crippen LogP contribution >= 0.6 is 15.9 Å². The second-order valence-corrected chi connectivity index (χ2v) is 3.15. The quantitative estimate of drug-likeness (QED) is 0.756. The van der Waals surface area contributed by atoms with Crippen molar-refractivity contribution in [3.05, 3.63) is 16.4 Å². The summed E-state index contributed by atoms with van der Waals surface area (Å²) in [5, 5.41) is 14.0. The van der Waals surface area contributed by atoms with Crippen molar-refractivity contribution in [3.63, 3.8) is 0 Å². The Kier molecular flexibility index (Phi) is 2.64. The first-order valence-corrected chi connectivity index (χ1v) is 3.97. The van der Waals surface area contributed by atoms with Crippen LogP contribution < -0.4 is 0 Å². The number of nitrogens with zero attached hydrogens (tertiary/aromatic N) is 3. The lowest BCUT2D eigenvalue weighted by Gasteiger charge is -2.05. The first kappa shape index (κ1) is 8.70. The SMILES string of the molecule is CN(O)Cc1cnn(C)c1Br. The Hall–Kier alpha value is -0.390. The summed E-state index contributed by atoms with van der Waals surface area (Å²) in [6.45, 7) is 0.481. The lowest BCUT2D eigenvalue weighted by atomic mass is 10.4. The molecule has 1 heterocycles. The summed E-state index contributed by atoms with van der Waals surface area (Å²) in [7, 11) is 3.43. The molecule has 11 heavy (non-hydrogen) atoms. The summed E-state index contributed by atoms with van der Waals surface area (Å²) in [4.78, 5) is 0. The summed E-state index contributed by atoms with van der Waals surface area (Å²) in [6, 6.07) is 0. The monoisotopic (exact) mass is 219 g/mol. The largest absolute Gasteiger partial charge is 0.314 e. The lowest BCUT2D eigenvalue weighted by Crippen LogP contribution is -2.11. The number of hydroxylamine groups is 2. The summed E-state index contributed by atoms with van der Waals surface area (Å²) in [5.74, 6) is 0. The number of rotatable bonds is 2. The standard InChI is InChI=1S/C6H10BrN3O/c1-9(11)4-5-3-8-10(2)6(5)7/h3,11H,4H2,1-2H3. The minimum Gasteiger partial charge on any atom is -0.314 e. The van der Waals surface area contributed by atoms with Crippen molar-refractivity contribution in [1.82, 2.24) is 14.8 Å². The molecular weight excluding hydrogens is 210 g/mol. The third-order valence-corrected chi connectivity index (χ3v) is 2.36. The molecule has 62 valence electrons. The van der Waals surface area contributed by atoms with Crippen LogP contribution in [-0.4, -0.2) is 27.1 Å². The Balaban J connectivity index is 2.79. The van der Waals surface area contributed by atoms with Crippen LogP contribution in [0.5, 0.6) is 0 Å². The molecule has 0 unspecified atom stereocenters. The average Bonchev–Trinajstić information content (AvgIpc) is 2.18. The molecule has 1 rings (SSSR count). The number of hydrogen-bond donors (Lipinski definition) is 1. The summed E-state index contributed by atoms with van der Waals surface area (Å²) in [5.41, 5.74) is 0.970. The van der Waals surface area contributed by atoms with Crippen LogP contribution in [0.4, 0.5) is 0 Å². The van der Waals surface area contributed by atoms with Crippen LogP contribution in [-0.2, 0) is 13.6 Å². The van der Waals surface area contributed by atoms with E-state index >= 15 is 0 Å². The van der Waals surface area contributed by atoms with Crippen molar-refractivity contribution in [2.75, 3.05) is 7.05 Å². The molecule has 0 saturated heterocycles. The van der Waals surface area contributed by atoms with Gasteiger partial charge in [0.25, 0.3) is 0 Å². The van der Waals surface area contributed by atoms with Gasteiger partial charge in [0, 0.05) is 19.7 Å². The van der Waals surface area contributed by atoms with Crippen molar-refractivity contribution in [3.8, 4) is 0 Å². The maximum absolute atomic E-state index is 8.91. The first-order valence-electron chi connectivity index (χ1n) is 3.17. The molecule has 0 amide bonds. The molecule has 0 fully saturated rings. The highest BCUT2D eigenvalue weighted by Crippen LogP contribution is 2.15. The van der Waals surface area contributed by atoms with Gasteiger partial charge in [0.1, 0.15) is 4.60 Å². The molecule has 0 aliphatic heterocycles. The maximum Gasteiger partial charge on any atom is 0.108 e. The highest BCUT2D eigenvalue weighted by molar-refractivity contribution is 9.10. The second-order valence-electron chi connectivity index (χ2n) is 2.40. The number of hydrogen-bond acceptors (Lipinski definition) is 3. The van der Waals surface area contributed by atoms with Gasteiger partial charge >= 0.3 is 0 Å². The van der Waals surface area contributed by atoms with Crippen molar-refractivity contribution in [2.45, 2.75) is 6.54 Å². The molecule has 4 nitrogen and oxygen atoms in total. The van der Waals surface area contributed by atoms with Crippen molar-refractivity contribution in [1.29, 1.82) is 0 Å². The van der Waals surface area contributed by atoms with E-state index in [2.05, 4.69) is 21.0 Å². The summed E-state index contributed by atoms with van der Waals surface area (Å²) in [6.07, 6.45) is 1.72. The predicted molar refractivity (Wildman–Crippen MR) is 44.2 cm³/mol. The molecule has 0 aromatic carbocycles. The predicted octanol–water partition coefficient (Wildman–Crippen LogP) is 1.00. The van der Waals surface area contributed by atoms with Gasteiger partial charge in [-0.1, -0.05) is 0 Å². The molecule has 0 bridgehead atoms. The smallest absolute Gasteiger partial charge is 0.108 e. The molecule has 1 N–H and O–H groups in total. The van der Waals surface area contributed by atoms with Gasteiger partial charge in [-0.25, -0.2) is 0 Å². The zero-order chi connectivity index (χ0) is 8.43. The van der Waals surface area contributed by atoms with Gasteiger partial charge in [0.15, 0.2) is 0 Å². The fourth-order valence-electron chi connectivity index (χ4n) is 0.821. The van der Waals surface area contributed by atoms with Gasteiger partial charge in [-0.05, 0) is 15.9 Å². The van der Waals surface area contributed by atoms with Crippen LogP contribution in [0.1, 0.15) is 5.56 Å². The number of halogens is 1. The van der Waals surface area contributed by atoms with Crippen LogP contribution in [0, 0.1) is 0 Å². The van der Waals surface area contributed by atoms with Gasteiger partial charge in [0.05, 0.1) is 12.7 Å². The van der Waals surface area contributed by atoms with Gasteiger partial charge in [-0.15, -0.1) is 0 Å². The molecule has 1 aromatic rings. The average molecular weight is 220 g/mol. The third-order valence-electron chi connectivity index (χ3n) is 1.34.